The fraction of sp³-hybridized carbons (Fsp3) is 0.0870. The normalized spacial score (nSPS) is 10.3. The highest BCUT2D eigenvalue weighted by Gasteiger charge is 2.13. The molecule has 0 saturated carbocycles. The van der Waals surface area contributed by atoms with E-state index in [9.17, 15) is 14.4 Å². The molecule has 0 bridgehead atoms. The van der Waals surface area contributed by atoms with E-state index in [4.69, 9.17) is 9.47 Å². The summed E-state index contributed by atoms with van der Waals surface area (Å²) in [5, 5.41) is 0. The van der Waals surface area contributed by atoms with Gasteiger partial charge in [0, 0.05) is 10.0 Å². The highest BCUT2D eigenvalue weighted by Crippen LogP contribution is 2.16. The number of hydrogen-bond donors (Lipinski definition) is 0. The molecule has 0 radical (unpaired) electrons. The number of rotatable bonds is 6. The average molecular weight is 453 g/mol. The van der Waals surface area contributed by atoms with Gasteiger partial charge in [-0.3, -0.25) is 4.79 Å². The molecule has 146 valence electrons. The molecule has 0 N–H and O–H groups in total. The maximum atomic E-state index is 12.2. The third-order valence-corrected chi connectivity index (χ3v) is 4.62. The maximum Gasteiger partial charge on any atom is 0.343 e. The van der Waals surface area contributed by atoms with Crippen LogP contribution in [-0.2, 0) is 4.74 Å². The number of halogens is 1. The van der Waals surface area contributed by atoms with E-state index in [1.807, 2.05) is 19.1 Å². The minimum atomic E-state index is -0.575. The molecule has 0 heterocycles. The maximum absolute atomic E-state index is 12.2. The molecule has 3 aromatic rings. The van der Waals surface area contributed by atoms with Crippen LogP contribution >= 0.6 is 15.9 Å². The van der Waals surface area contributed by atoms with Gasteiger partial charge in [0.25, 0.3) is 0 Å². The molecule has 3 rings (SSSR count). The summed E-state index contributed by atoms with van der Waals surface area (Å²) in [6.07, 6.45) is 0. The molecule has 0 atom stereocenters. The molecular formula is C23H17BrO5. The Labute approximate surface area is 176 Å². The first-order valence-electron chi connectivity index (χ1n) is 8.77. The van der Waals surface area contributed by atoms with Gasteiger partial charge in [-0.15, -0.1) is 0 Å². The van der Waals surface area contributed by atoms with Crippen molar-refractivity contribution in [2.24, 2.45) is 0 Å². The molecule has 0 fully saturated rings. The van der Waals surface area contributed by atoms with Crippen molar-refractivity contribution in [2.75, 3.05) is 6.61 Å². The summed E-state index contributed by atoms with van der Waals surface area (Å²) in [5.74, 6) is -1.09. The van der Waals surface area contributed by atoms with E-state index in [1.165, 1.54) is 24.3 Å². The van der Waals surface area contributed by atoms with Crippen LogP contribution in [0.1, 0.15) is 36.6 Å². The average Bonchev–Trinajstić information content (AvgIpc) is 2.73. The van der Waals surface area contributed by atoms with Crippen molar-refractivity contribution in [3.05, 3.63) is 99.5 Å². The second kappa shape index (κ2) is 9.30. The summed E-state index contributed by atoms with van der Waals surface area (Å²) in [5.41, 5.74) is 2.20. The third-order valence-electron chi connectivity index (χ3n) is 4.09. The minimum Gasteiger partial charge on any atom is -0.454 e. The highest BCUT2D eigenvalue weighted by molar-refractivity contribution is 9.10. The fourth-order valence-electron chi connectivity index (χ4n) is 2.45. The summed E-state index contributed by atoms with van der Waals surface area (Å²) < 4.78 is 11.2. The second-order valence-electron chi connectivity index (χ2n) is 6.29. The van der Waals surface area contributed by atoms with Crippen molar-refractivity contribution in [3.63, 3.8) is 0 Å². The van der Waals surface area contributed by atoms with E-state index in [0.717, 1.165) is 10.0 Å². The van der Waals surface area contributed by atoms with Crippen LogP contribution in [0.15, 0.2) is 77.3 Å². The summed E-state index contributed by atoms with van der Waals surface area (Å²) in [6, 6.07) is 19.8. The quantitative estimate of drug-likeness (QED) is 0.298. The Bertz CT molecular complexity index is 1020. The van der Waals surface area contributed by atoms with E-state index < -0.39 is 11.9 Å². The molecule has 3 aromatic carbocycles. The number of ketones is 1. The summed E-state index contributed by atoms with van der Waals surface area (Å²) in [4.78, 5) is 36.3. The molecule has 0 unspecified atom stereocenters. The SMILES string of the molecule is Cc1ccc(C(=O)Oc2ccc(C(=O)COC(=O)c3ccc(Br)cc3)cc2)cc1. The molecule has 0 aliphatic carbocycles. The van der Waals surface area contributed by atoms with Crippen LogP contribution in [0.5, 0.6) is 5.75 Å². The molecule has 0 aliphatic rings. The van der Waals surface area contributed by atoms with Crippen molar-refractivity contribution in [1.29, 1.82) is 0 Å². The monoisotopic (exact) mass is 452 g/mol. The largest absolute Gasteiger partial charge is 0.454 e. The predicted molar refractivity (Wildman–Crippen MR) is 111 cm³/mol. The Hall–Kier alpha value is -3.25. The van der Waals surface area contributed by atoms with Gasteiger partial charge in [-0.2, -0.15) is 0 Å². The summed E-state index contributed by atoms with van der Waals surface area (Å²) in [6.45, 7) is 1.55. The molecule has 0 amide bonds. The molecule has 0 spiro atoms. The lowest BCUT2D eigenvalue weighted by molar-refractivity contribution is 0.0474. The smallest absolute Gasteiger partial charge is 0.343 e. The first kappa shape index (κ1) is 20.5. The van der Waals surface area contributed by atoms with Crippen LogP contribution in [0.4, 0.5) is 0 Å². The number of hydrogen-bond acceptors (Lipinski definition) is 5. The van der Waals surface area contributed by atoms with E-state index in [0.29, 0.717) is 22.4 Å². The van der Waals surface area contributed by atoms with Crippen LogP contribution in [0, 0.1) is 6.92 Å². The van der Waals surface area contributed by atoms with Crippen LogP contribution < -0.4 is 4.74 Å². The van der Waals surface area contributed by atoms with Gasteiger partial charge in [-0.25, -0.2) is 9.59 Å². The number of benzene rings is 3. The van der Waals surface area contributed by atoms with E-state index in [1.54, 1.807) is 36.4 Å². The molecule has 0 aliphatic heterocycles. The number of ether oxygens (including phenoxy) is 2. The van der Waals surface area contributed by atoms with E-state index >= 15 is 0 Å². The van der Waals surface area contributed by atoms with Gasteiger partial charge in [-0.1, -0.05) is 33.6 Å². The van der Waals surface area contributed by atoms with Gasteiger partial charge >= 0.3 is 11.9 Å². The van der Waals surface area contributed by atoms with Crippen molar-refractivity contribution in [1.82, 2.24) is 0 Å². The Morgan fingerprint density at radius 3 is 1.86 bits per heavy atom. The zero-order valence-electron chi connectivity index (χ0n) is 15.6. The first-order valence-corrected chi connectivity index (χ1v) is 9.56. The predicted octanol–water partition coefficient (Wildman–Crippen LogP) is 5.02. The van der Waals surface area contributed by atoms with Crippen molar-refractivity contribution >= 4 is 33.7 Å². The Morgan fingerprint density at radius 2 is 1.24 bits per heavy atom. The van der Waals surface area contributed by atoms with Crippen LogP contribution in [-0.4, -0.2) is 24.3 Å². The number of carbonyl (C=O) groups is 3. The highest BCUT2D eigenvalue weighted by atomic mass is 79.9. The second-order valence-corrected chi connectivity index (χ2v) is 7.20. The van der Waals surface area contributed by atoms with Crippen molar-refractivity contribution in [3.8, 4) is 5.75 Å². The lowest BCUT2D eigenvalue weighted by Gasteiger charge is -2.07. The Balaban J connectivity index is 1.55. The van der Waals surface area contributed by atoms with Crippen molar-refractivity contribution < 1.29 is 23.9 Å². The van der Waals surface area contributed by atoms with Gasteiger partial charge in [0.1, 0.15) is 5.75 Å². The van der Waals surface area contributed by atoms with Crippen LogP contribution in [0.3, 0.4) is 0 Å². The number of Topliss-reactive ketones (excluding diaryl/α,β-unsaturated/α-hetero) is 1. The molecule has 0 aromatic heterocycles. The molecule has 6 heteroatoms. The lowest BCUT2D eigenvalue weighted by Crippen LogP contribution is -2.14. The Kier molecular flexibility index (Phi) is 6.57. The minimum absolute atomic E-state index is 0.319. The number of aryl methyl sites for hydroxylation is 1. The summed E-state index contributed by atoms with van der Waals surface area (Å²) in [7, 11) is 0. The molecule has 0 saturated heterocycles. The van der Waals surface area contributed by atoms with Crippen LogP contribution in [0.2, 0.25) is 0 Å². The summed E-state index contributed by atoms with van der Waals surface area (Å²) >= 11 is 3.29. The third kappa shape index (κ3) is 5.62. The topological polar surface area (TPSA) is 69.7 Å². The molecule has 29 heavy (non-hydrogen) atoms. The van der Waals surface area contributed by atoms with Gasteiger partial charge < -0.3 is 9.47 Å². The zero-order chi connectivity index (χ0) is 20.8. The first-order chi connectivity index (χ1) is 13.9. The van der Waals surface area contributed by atoms with Gasteiger partial charge in [0.15, 0.2) is 12.4 Å². The zero-order valence-corrected chi connectivity index (χ0v) is 17.1. The fourth-order valence-corrected chi connectivity index (χ4v) is 2.71. The standard InChI is InChI=1S/C23H17BrO5/c1-15-2-4-18(5-3-15)23(27)29-20-12-8-16(9-13-20)21(25)14-28-22(26)17-6-10-19(24)11-7-17/h2-13H,14H2,1H3. The lowest BCUT2D eigenvalue weighted by atomic mass is 10.1. The van der Waals surface area contributed by atoms with Gasteiger partial charge in [-0.05, 0) is 67.6 Å². The van der Waals surface area contributed by atoms with Crippen molar-refractivity contribution in [2.45, 2.75) is 6.92 Å². The Morgan fingerprint density at radius 1 is 0.724 bits per heavy atom. The molecular weight excluding hydrogens is 436 g/mol. The number of carbonyl (C=O) groups excluding carboxylic acids is 3. The molecule has 5 nitrogen and oxygen atoms in total. The van der Waals surface area contributed by atoms with Gasteiger partial charge in [0.2, 0.25) is 0 Å². The van der Waals surface area contributed by atoms with E-state index in [2.05, 4.69) is 15.9 Å². The number of esters is 2. The van der Waals surface area contributed by atoms with Gasteiger partial charge in [0.05, 0.1) is 11.1 Å². The van der Waals surface area contributed by atoms with Crippen LogP contribution in [0.25, 0.3) is 0 Å². The van der Waals surface area contributed by atoms with E-state index in [-0.39, 0.29) is 12.4 Å².